The number of nitrogens with zero attached hydrogens (tertiary/aromatic N) is 2. The molecule has 5 rings (SSSR count). The SMILES string of the molecule is O=C(OCC1CCN2CCCCC2C1)c1cn(CC2CCCCC2)c2ccccc12. The number of piperidine rings is 2. The molecule has 2 aromatic rings. The molecule has 2 atom stereocenters. The Bertz CT molecular complexity index is 867. The van der Waals surface area contributed by atoms with E-state index in [1.807, 2.05) is 6.07 Å². The van der Waals surface area contributed by atoms with Crippen LogP contribution in [0.4, 0.5) is 0 Å². The first-order valence-corrected chi connectivity index (χ1v) is 12.3. The van der Waals surface area contributed by atoms with Crippen LogP contribution in [-0.2, 0) is 11.3 Å². The van der Waals surface area contributed by atoms with Gasteiger partial charge in [0.15, 0.2) is 0 Å². The molecular weight excluding hydrogens is 372 g/mol. The first-order valence-electron chi connectivity index (χ1n) is 12.3. The minimum Gasteiger partial charge on any atom is -0.462 e. The zero-order valence-electron chi connectivity index (χ0n) is 18.2. The molecule has 2 aliphatic heterocycles. The summed E-state index contributed by atoms with van der Waals surface area (Å²) < 4.78 is 8.20. The van der Waals surface area contributed by atoms with Gasteiger partial charge in [-0.3, -0.25) is 0 Å². The fraction of sp³-hybridized carbons (Fsp3) is 0.654. The van der Waals surface area contributed by atoms with Gasteiger partial charge in [-0.15, -0.1) is 0 Å². The quantitative estimate of drug-likeness (QED) is 0.600. The number of carbonyl (C=O) groups excluding carboxylic acids is 1. The number of fused-ring (bicyclic) bond motifs is 2. The van der Waals surface area contributed by atoms with Gasteiger partial charge < -0.3 is 14.2 Å². The molecule has 3 fully saturated rings. The van der Waals surface area contributed by atoms with Crippen LogP contribution in [0.2, 0.25) is 0 Å². The fourth-order valence-corrected chi connectivity index (χ4v) is 6.10. The summed E-state index contributed by atoms with van der Waals surface area (Å²) in [5.41, 5.74) is 1.92. The summed E-state index contributed by atoms with van der Waals surface area (Å²) in [5, 5.41) is 1.04. The molecule has 4 heteroatoms. The number of esters is 1. The van der Waals surface area contributed by atoms with Crippen LogP contribution in [-0.4, -0.2) is 41.2 Å². The summed E-state index contributed by atoms with van der Waals surface area (Å²) in [6.07, 6.45) is 15.1. The molecule has 0 bridgehead atoms. The minimum absolute atomic E-state index is 0.139. The van der Waals surface area contributed by atoms with Gasteiger partial charge in [0.1, 0.15) is 0 Å². The number of hydrogen-bond acceptors (Lipinski definition) is 3. The fourth-order valence-electron chi connectivity index (χ4n) is 6.10. The zero-order chi connectivity index (χ0) is 20.3. The number of para-hydroxylation sites is 1. The molecule has 162 valence electrons. The summed E-state index contributed by atoms with van der Waals surface area (Å²) in [6, 6.07) is 9.04. The van der Waals surface area contributed by atoms with E-state index in [0.29, 0.717) is 18.6 Å². The molecule has 1 aromatic carbocycles. The average Bonchev–Trinajstić information content (AvgIpc) is 3.16. The van der Waals surface area contributed by atoms with Gasteiger partial charge in [-0.05, 0) is 69.5 Å². The molecule has 0 amide bonds. The lowest BCUT2D eigenvalue weighted by Crippen LogP contribution is -2.46. The van der Waals surface area contributed by atoms with Crippen molar-refractivity contribution in [3.8, 4) is 0 Å². The second kappa shape index (κ2) is 9.13. The molecule has 0 spiro atoms. The number of carbonyl (C=O) groups is 1. The Hall–Kier alpha value is -1.81. The first kappa shape index (κ1) is 20.1. The van der Waals surface area contributed by atoms with Gasteiger partial charge in [-0.25, -0.2) is 4.79 Å². The third-order valence-electron chi connectivity index (χ3n) is 7.82. The molecular formula is C26H36N2O2. The molecule has 0 radical (unpaired) electrons. The molecule has 1 saturated carbocycles. The molecule has 1 aliphatic carbocycles. The van der Waals surface area contributed by atoms with Crippen molar-refractivity contribution in [2.75, 3.05) is 19.7 Å². The van der Waals surface area contributed by atoms with E-state index in [9.17, 15) is 4.79 Å². The van der Waals surface area contributed by atoms with E-state index < -0.39 is 0 Å². The third kappa shape index (κ3) is 4.30. The highest BCUT2D eigenvalue weighted by atomic mass is 16.5. The van der Waals surface area contributed by atoms with Gasteiger partial charge >= 0.3 is 5.97 Å². The van der Waals surface area contributed by atoms with Gasteiger partial charge in [0.05, 0.1) is 12.2 Å². The van der Waals surface area contributed by atoms with Crippen molar-refractivity contribution in [2.45, 2.75) is 76.8 Å². The van der Waals surface area contributed by atoms with Gasteiger partial charge in [-0.2, -0.15) is 0 Å². The van der Waals surface area contributed by atoms with Crippen LogP contribution in [0, 0.1) is 11.8 Å². The van der Waals surface area contributed by atoms with Crippen LogP contribution >= 0.6 is 0 Å². The van der Waals surface area contributed by atoms with Crippen LogP contribution in [0.1, 0.15) is 74.6 Å². The third-order valence-corrected chi connectivity index (χ3v) is 7.82. The lowest BCUT2D eigenvalue weighted by Gasteiger charge is -2.42. The van der Waals surface area contributed by atoms with Crippen molar-refractivity contribution in [3.63, 3.8) is 0 Å². The predicted molar refractivity (Wildman–Crippen MR) is 121 cm³/mol. The second-order valence-corrected chi connectivity index (χ2v) is 9.89. The number of aromatic nitrogens is 1. The van der Waals surface area contributed by atoms with E-state index in [-0.39, 0.29) is 5.97 Å². The first-order chi connectivity index (χ1) is 14.8. The summed E-state index contributed by atoms with van der Waals surface area (Å²) in [4.78, 5) is 15.7. The van der Waals surface area contributed by atoms with E-state index >= 15 is 0 Å². The second-order valence-electron chi connectivity index (χ2n) is 9.89. The molecule has 1 aromatic heterocycles. The normalized spacial score (nSPS) is 25.9. The Morgan fingerprint density at radius 1 is 0.933 bits per heavy atom. The number of ether oxygens (including phenoxy) is 1. The van der Waals surface area contributed by atoms with E-state index in [1.165, 1.54) is 76.4 Å². The highest BCUT2D eigenvalue weighted by molar-refractivity contribution is 6.04. The average molecular weight is 409 g/mol. The molecule has 3 aliphatic rings. The van der Waals surface area contributed by atoms with Gasteiger partial charge in [0.25, 0.3) is 0 Å². The Labute approximate surface area is 180 Å². The molecule has 3 heterocycles. The Kier molecular flexibility index (Phi) is 6.12. The van der Waals surface area contributed by atoms with E-state index in [1.54, 1.807) is 0 Å². The zero-order valence-corrected chi connectivity index (χ0v) is 18.2. The molecule has 4 nitrogen and oxygen atoms in total. The number of hydrogen-bond donors (Lipinski definition) is 0. The van der Waals surface area contributed by atoms with Crippen molar-refractivity contribution < 1.29 is 9.53 Å². The van der Waals surface area contributed by atoms with E-state index in [0.717, 1.165) is 29.8 Å². The predicted octanol–water partition coefficient (Wildman–Crippen LogP) is 5.64. The van der Waals surface area contributed by atoms with Gasteiger partial charge in [-0.1, -0.05) is 43.9 Å². The maximum absolute atomic E-state index is 13.0. The Morgan fingerprint density at radius 3 is 2.67 bits per heavy atom. The van der Waals surface area contributed by atoms with Crippen molar-refractivity contribution in [1.29, 1.82) is 0 Å². The smallest absolute Gasteiger partial charge is 0.340 e. The van der Waals surface area contributed by atoms with Crippen LogP contribution < -0.4 is 0 Å². The van der Waals surface area contributed by atoms with Crippen molar-refractivity contribution in [2.24, 2.45) is 11.8 Å². The number of benzene rings is 1. The highest BCUT2D eigenvalue weighted by Gasteiger charge is 2.31. The standard InChI is InChI=1S/C26H36N2O2/c29-26(30-19-21-13-15-27-14-7-6-10-22(27)16-21)24-18-28(17-20-8-2-1-3-9-20)25-12-5-4-11-23(24)25/h4-5,11-12,18,20-22H,1-3,6-10,13-17,19H2. The monoisotopic (exact) mass is 408 g/mol. The lowest BCUT2D eigenvalue weighted by atomic mass is 9.86. The van der Waals surface area contributed by atoms with Crippen LogP contribution in [0.3, 0.4) is 0 Å². The van der Waals surface area contributed by atoms with Crippen LogP contribution in [0.5, 0.6) is 0 Å². The van der Waals surface area contributed by atoms with Crippen molar-refractivity contribution in [1.82, 2.24) is 9.47 Å². The van der Waals surface area contributed by atoms with Gasteiger partial charge in [0.2, 0.25) is 0 Å². The summed E-state index contributed by atoms with van der Waals surface area (Å²) >= 11 is 0. The van der Waals surface area contributed by atoms with Crippen molar-refractivity contribution in [3.05, 3.63) is 36.0 Å². The van der Waals surface area contributed by atoms with E-state index in [4.69, 9.17) is 4.74 Å². The molecule has 2 saturated heterocycles. The summed E-state index contributed by atoms with van der Waals surface area (Å²) in [6.45, 7) is 4.03. The lowest BCUT2D eigenvalue weighted by molar-refractivity contribution is 0.0234. The largest absolute Gasteiger partial charge is 0.462 e. The highest BCUT2D eigenvalue weighted by Crippen LogP contribution is 2.31. The Morgan fingerprint density at radius 2 is 1.77 bits per heavy atom. The van der Waals surface area contributed by atoms with Crippen molar-refractivity contribution >= 4 is 16.9 Å². The maximum atomic E-state index is 13.0. The molecule has 2 unspecified atom stereocenters. The summed E-state index contributed by atoms with van der Waals surface area (Å²) in [5.74, 6) is 1.11. The number of rotatable bonds is 5. The molecule has 30 heavy (non-hydrogen) atoms. The van der Waals surface area contributed by atoms with E-state index in [2.05, 4.69) is 33.9 Å². The van der Waals surface area contributed by atoms with Gasteiger partial charge in [0, 0.05) is 29.7 Å². The minimum atomic E-state index is -0.139. The Balaban J connectivity index is 1.25. The van der Waals surface area contributed by atoms with Crippen LogP contribution in [0.25, 0.3) is 10.9 Å². The maximum Gasteiger partial charge on any atom is 0.340 e. The topological polar surface area (TPSA) is 34.5 Å². The summed E-state index contributed by atoms with van der Waals surface area (Å²) in [7, 11) is 0. The van der Waals surface area contributed by atoms with Crippen LogP contribution in [0.15, 0.2) is 30.5 Å². The molecule has 0 N–H and O–H groups in total.